The average molecular weight is 449 g/mol. The predicted molar refractivity (Wildman–Crippen MR) is 110 cm³/mol. The number of para-hydroxylation sites is 1. The van der Waals surface area contributed by atoms with E-state index in [-0.39, 0.29) is 10.2 Å². The fourth-order valence-electron chi connectivity index (χ4n) is 2.27. The molecule has 0 atom stereocenters. The zero-order valence-corrected chi connectivity index (χ0v) is 16.8. The summed E-state index contributed by atoms with van der Waals surface area (Å²) in [5.74, 6) is -0.421. The number of ether oxygens (including phenoxy) is 1. The van der Waals surface area contributed by atoms with E-state index in [2.05, 4.69) is 21.4 Å². The molecule has 1 aliphatic heterocycles. The van der Waals surface area contributed by atoms with E-state index < -0.39 is 5.91 Å². The SMILES string of the molecule is COc1ccccc1C(=O)NN1C(=O)/C(=C/c2ccc(Br)cc2)SC1=S. The molecule has 1 saturated heterocycles. The summed E-state index contributed by atoms with van der Waals surface area (Å²) in [6.45, 7) is 0. The molecule has 0 unspecified atom stereocenters. The van der Waals surface area contributed by atoms with Gasteiger partial charge in [-0.1, -0.05) is 52.0 Å². The van der Waals surface area contributed by atoms with E-state index in [1.165, 1.54) is 7.11 Å². The highest BCUT2D eigenvalue weighted by Crippen LogP contribution is 2.32. The van der Waals surface area contributed by atoms with Crippen LogP contribution in [0.1, 0.15) is 15.9 Å². The zero-order valence-electron chi connectivity index (χ0n) is 13.6. The number of carbonyl (C=O) groups is 2. The van der Waals surface area contributed by atoms with Crippen LogP contribution in [0.3, 0.4) is 0 Å². The van der Waals surface area contributed by atoms with Gasteiger partial charge in [0.15, 0.2) is 4.32 Å². The number of carbonyl (C=O) groups excluding carboxylic acids is 2. The molecule has 0 aromatic heterocycles. The third-order valence-corrected chi connectivity index (χ3v) is 5.36. The van der Waals surface area contributed by atoms with Gasteiger partial charge in [0.25, 0.3) is 11.8 Å². The Bertz CT molecular complexity index is 913. The Balaban J connectivity index is 1.79. The molecule has 5 nitrogen and oxygen atoms in total. The summed E-state index contributed by atoms with van der Waals surface area (Å²) in [4.78, 5) is 25.5. The molecule has 8 heteroatoms. The molecule has 132 valence electrons. The van der Waals surface area contributed by atoms with Gasteiger partial charge in [0, 0.05) is 4.47 Å². The summed E-state index contributed by atoms with van der Waals surface area (Å²) >= 11 is 9.74. The quantitative estimate of drug-likeness (QED) is 0.565. The molecule has 1 heterocycles. The number of hydrogen-bond acceptors (Lipinski definition) is 5. The van der Waals surface area contributed by atoms with E-state index >= 15 is 0 Å². The maximum absolute atomic E-state index is 12.6. The lowest BCUT2D eigenvalue weighted by molar-refractivity contribution is -0.123. The van der Waals surface area contributed by atoms with Crippen molar-refractivity contribution >= 4 is 62.1 Å². The Kier molecular flexibility index (Phi) is 5.75. The number of thioether (sulfide) groups is 1. The van der Waals surface area contributed by atoms with Gasteiger partial charge in [-0.15, -0.1) is 0 Å². The van der Waals surface area contributed by atoms with Gasteiger partial charge in [0.1, 0.15) is 5.75 Å². The number of hydrazine groups is 1. The molecule has 0 saturated carbocycles. The van der Waals surface area contributed by atoms with E-state index in [1.807, 2.05) is 24.3 Å². The summed E-state index contributed by atoms with van der Waals surface area (Å²) in [5, 5.41) is 1.08. The highest BCUT2D eigenvalue weighted by Gasteiger charge is 2.34. The molecule has 2 aromatic rings. The van der Waals surface area contributed by atoms with E-state index in [0.717, 1.165) is 26.8 Å². The summed E-state index contributed by atoms with van der Waals surface area (Å²) in [6, 6.07) is 14.3. The van der Waals surface area contributed by atoms with Crippen LogP contribution in [0.25, 0.3) is 6.08 Å². The fraction of sp³-hybridized carbons (Fsp3) is 0.0556. The van der Waals surface area contributed by atoms with Gasteiger partial charge in [-0.3, -0.25) is 15.0 Å². The van der Waals surface area contributed by atoms with E-state index in [9.17, 15) is 9.59 Å². The number of rotatable bonds is 4. The molecule has 2 aromatic carbocycles. The third-order valence-electron chi connectivity index (χ3n) is 3.53. The van der Waals surface area contributed by atoms with Crippen LogP contribution in [-0.2, 0) is 4.79 Å². The topological polar surface area (TPSA) is 58.6 Å². The van der Waals surface area contributed by atoms with Gasteiger partial charge < -0.3 is 4.74 Å². The van der Waals surface area contributed by atoms with E-state index in [4.69, 9.17) is 17.0 Å². The van der Waals surface area contributed by atoms with Gasteiger partial charge in [0.05, 0.1) is 17.6 Å². The first-order valence-corrected chi connectivity index (χ1v) is 9.49. The first-order valence-electron chi connectivity index (χ1n) is 7.47. The number of amides is 2. The summed E-state index contributed by atoms with van der Waals surface area (Å²) in [6.07, 6.45) is 1.74. The van der Waals surface area contributed by atoms with Crippen LogP contribution in [0.15, 0.2) is 57.9 Å². The first kappa shape index (κ1) is 18.6. The van der Waals surface area contributed by atoms with Crippen molar-refractivity contribution < 1.29 is 14.3 Å². The predicted octanol–water partition coefficient (Wildman–Crippen LogP) is 4.00. The van der Waals surface area contributed by atoms with Crippen molar-refractivity contribution in [1.29, 1.82) is 0 Å². The van der Waals surface area contributed by atoms with Crippen molar-refractivity contribution in [2.75, 3.05) is 7.11 Å². The standard InChI is InChI=1S/C18H13BrN2O3S2/c1-24-14-5-3-2-4-13(14)16(22)20-21-17(23)15(26-18(21)25)10-11-6-8-12(19)9-7-11/h2-10H,1H3,(H,20,22)/b15-10-. The second-order valence-electron chi connectivity index (χ2n) is 5.21. The summed E-state index contributed by atoms with van der Waals surface area (Å²) in [7, 11) is 1.48. The number of nitrogens with zero attached hydrogens (tertiary/aromatic N) is 1. The smallest absolute Gasteiger partial charge is 0.285 e. The Morgan fingerprint density at radius 1 is 1.23 bits per heavy atom. The molecule has 0 radical (unpaired) electrons. The Morgan fingerprint density at radius 3 is 2.62 bits per heavy atom. The lowest BCUT2D eigenvalue weighted by atomic mass is 10.2. The highest BCUT2D eigenvalue weighted by atomic mass is 79.9. The van der Waals surface area contributed by atoms with Crippen LogP contribution in [0.2, 0.25) is 0 Å². The lowest BCUT2D eigenvalue weighted by Crippen LogP contribution is -2.44. The second kappa shape index (κ2) is 8.03. The molecular weight excluding hydrogens is 436 g/mol. The Morgan fingerprint density at radius 2 is 1.92 bits per heavy atom. The fourth-order valence-corrected chi connectivity index (χ4v) is 3.71. The van der Waals surface area contributed by atoms with E-state index in [1.54, 1.807) is 30.3 Å². The van der Waals surface area contributed by atoms with Crippen LogP contribution < -0.4 is 10.2 Å². The van der Waals surface area contributed by atoms with Crippen molar-refractivity contribution in [3.8, 4) is 5.75 Å². The third kappa shape index (κ3) is 3.98. The first-order chi connectivity index (χ1) is 12.5. The van der Waals surface area contributed by atoms with Crippen molar-refractivity contribution in [3.63, 3.8) is 0 Å². The van der Waals surface area contributed by atoms with Crippen LogP contribution in [0.5, 0.6) is 5.75 Å². The molecule has 3 rings (SSSR count). The number of hydrogen-bond donors (Lipinski definition) is 1. The maximum Gasteiger partial charge on any atom is 0.285 e. The minimum absolute atomic E-state index is 0.265. The van der Waals surface area contributed by atoms with Gasteiger partial charge in [-0.05, 0) is 48.1 Å². The largest absolute Gasteiger partial charge is 0.496 e. The molecule has 0 aliphatic carbocycles. The monoisotopic (exact) mass is 448 g/mol. The zero-order chi connectivity index (χ0) is 18.7. The Hall–Kier alpha value is -2.16. The van der Waals surface area contributed by atoms with Gasteiger partial charge in [-0.2, -0.15) is 5.01 Å². The molecule has 0 bridgehead atoms. The number of thiocarbonyl (C=S) groups is 1. The number of halogens is 1. The van der Waals surface area contributed by atoms with Crippen molar-refractivity contribution in [2.24, 2.45) is 0 Å². The Labute approximate surface area is 168 Å². The molecule has 1 fully saturated rings. The molecule has 1 N–H and O–H groups in total. The molecule has 2 amide bonds. The minimum Gasteiger partial charge on any atom is -0.496 e. The normalized spacial score (nSPS) is 15.5. The molecule has 0 spiro atoms. The lowest BCUT2D eigenvalue weighted by Gasteiger charge is -2.16. The van der Waals surface area contributed by atoms with Gasteiger partial charge in [-0.25, -0.2) is 0 Å². The minimum atomic E-state index is -0.469. The van der Waals surface area contributed by atoms with Crippen LogP contribution >= 0.6 is 39.9 Å². The van der Waals surface area contributed by atoms with Crippen LogP contribution in [0.4, 0.5) is 0 Å². The molecular formula is C18H13BrN2O3S2. The van der Waals surface area contributed by atoms with Crippen molar-refractivity contribution in [1.82, 2.24) is 10.4 Å². The summed E-state index contributed by atoms with van der Waals surface area (Å²) in [5.41, 5.74) is 3.73. The van der Waals surface area contributed by atoms with Gasteiger partial charge >= 0.3 is 0 Å². The summed E-state index contributed by atoms with van der Waals surface area (Å²) < 4.78 is 6.39. The number of benzene rings is 2. The number of nitrogens with one attached hydrogen (secondary N) is 1. The molecule has 1 aliphatic rings. The van der Waals surface area contributed by atoms with Crippen LogP contribution in [-0.4, -0.2) is 28.3 Å². The number of methoxy groups -OCH3 is 1. The highest BCUT2D eigenvalue weighted by molar-refractivity contribution is 9.10. The maximum atomic E-state index is 12.6. The van der Waals surface area contributed by atoms with Crippen molar-refractivity contribution in [2.45, 2.75) is 0 Å². The van der Waals surface area contributed by atoms with Crippen LogP contribution in [0, 0.1) is 0 Å². The average Bonchev–Trinajstić information content (AvgIpc) is 2.91. The second-order valence-corrected chi connectivity index (χ2v) is 7.80. The molecule has 26 heavy (non-hydrogen) atoms. The van der Waals surface area contributed by atoms with E-state index in [0.29, 0.717) is 16.2 Å². The van der Waals surface area contributed by atoms with Crippen molar-refractivity contribution in [3.05, 3.63) is 69.0 Å². The van der Waals surface area contributed by atoms with Gasteiger partial charge in [0.2, 0.25) is 0 Å².